The van der Waals surface area contributed by atoms with Gasteiger partial charge in [-0.1, -0.05) is 81.4 Å². The molecule has 3 aromatic rings. The van der Waals surface area contributed by atoms with Crippen molar-refractivity contribution in [3.05, 3.63) is 93.8 Å². The van der Waals surface area contributed by atoms with Gasteiger partial charge in [0, 0.05) is 19.4 Å². The van der Waals surface area contributed by atoms with Gasteiger partial charge < -0.3 is 23.7 Å². The highest BCUT2D eigenvalue weighted by Gasteiger charge is 2.68. The maximum atomic E-state index is 12.6. The second kappa shape index (κ2) is 10.0. The fourth-order valence-electron chi connectivity index (χ4n) is 5.88. The first-order valence-corrected chi connectivity index (χ1v) is 14.6. The second-order valence-corrected chi connectivity index (χ2v) is 15.2. The molecule has 0 aliphatic carbocycles. The third kappa shape index (κ3) is 4.21. The van der Waals surface area contributed by atoms with E-state index in [0.717, 1.165) is 10.4 Å². The van der Waals surface area contributed by atoms with Crippen molar-refractivity contribution >= 4 is 18.7 Å². The lowest BCUT2D eigenvalue weighted by molar-refractivity contribution is -0.231. The Morgan fingerprint density at radius 1 is 1.03 bits per heavy atom. The van der Waals surface area contributed by atoms with E-state index < -0.39 is 49.7 Å². The highest BCUT2D eigenvalue weighted by molar-refractivity contribution is 6.99. The number of aliphatic hydroxyl groups is 1. The molecule has 2 bridgehead atoms. The van der Waals surface area contributed by atoms with Crippen molar-refractivity contribution in [3.8, 4) is 0 Å². The normalized spacial score (nSPS) is 27.1. The zero-order valence-electron chi connectivity index (χ0n) is 22.0. The number of fused-ring (bicyclic) bond motifs is 2. The molecule has 0 saturated carbocycles. The summed E-state index contributed by atoms with van der Waals surface area (Å²) in [4.78, 5) is 26.5. The van der Waals surface area contributed by atoms with Gasteiger partial charge in [-0.2, -0.15) is 0 Å². The van der Waals surface area contributed by atoms with Crippen LogP contribution in [0.2, 0.25) is 5.04 Å². The minimum atomic E-state index is -2.97. The van der Waals surface area contributed by atoms with Crippen LogP contribution in [0.3, 0.4) is 0 Å². The molecule has 9 nitrogen and oxygen atoms in total. The number of aromatic nitrogens is 2. The number of rotatable bonds is 8. The molecular formula is C28H34N2O7Si. The van der Waals surface area contributed by atoms with Crippen molar-refractivity contribution in [2.75, 3.05) is 20.3 Å². The Balaban J connectivity index is 1.59. The van der Waals surface area contributed by atoms with Crippen LogP contribution in [0.1, 0.15) is 27.0 Å². The van der Waals surface area contributed by atoms with E-state index in [1.54, 1.807) is 7.11 Å². The van der Waals surface area contributed by atoms with Gasteiger partial charge in [0.25, 0.3) is 13.9 Å². The number of nitrogens with zero attached hydrogens (tertiary/aromatic N) is 1. The lowest BCUT2D eigenvalue weighted by atomic mass is 9.94. The third-order valence-electron chi connectivity index (χ3n) is 7.67. The van der Waals surface area contributed by atoms with Crippen LogP contribution in [-0.4, -0.2) is 67.2 Å². The number of methoxy groups -OCH3 is 1. The van der Waals surface area contributed by atoms with Crippen LogP contribution in [0.25, 0.3) is 0 Å². The summed E-state index contributed by atoms with van der Waals surface area (Å²) in [6.07, 6.45) is -2.15. The smallest absolute Gasteiger partial charge is 0.330 e. The molecule has 5 atom stereocenters. The van der Waals surface area contributed by atoms with Crippen LogP contribution in [0.15, 0.2) is 82.5 Å². The summed E-state index contributed by atoms with van der Waals surface area (Å²) in [5.41, 5.74) is -2.45. The molecule has 0 spiro atoms. The SMILES string of the molecule is COC[C@H]1O[C@H]2[C@H](n3ccc(=O)[nH]c3=O)O[C@]1(CO[Si](c1ccccc1)(c1ccccc1)C(C)(C)C)[C@H]2O. The predicted octanol–water partition coefficient (Wildman–Crippen LogP) is 1.16. The zero-order valence-corrected chi connectivity index (χ0v) is 23.0. The number of ether oxygens (including phenoxy) is 3. The number of H-pyrrole nitrogens is 1. The van der Waals surface area contributed by atoms with Gasteiger partial charge in [0.1, 0.15) is 23.9 Å². The lowest BCUT2D eigenvalue weighted by Crippen LogP contribution is -2.68. The number of hydrogen-bond acceptors (Lipinski definition) is 7. The fourth-order valence-corrected chi connectivity index (χ4v) is 10.5. The Morgan fingerprint density at radius 3 is 2.16 bits per heavy atom. The van der Waals surface area contributed by atoms with Crippen LogP contribution in [-0.2, 0) is 18.6 Å². The molecule has 0 unspecified atom stereocenters. The maximum Gasteiger partial charge on any atom is 0.330 e. The quantitative estimate of drug-likeness (QED) is 0.414. The van der Waals surface area contributed by atoms with E-state index in [9.17, 15) is 14.7 Å². The van der Waals surface area contributed by atoms with Gasteiger partial charge in [-0.25, -0.2) is 4.79 Å². The summed E-state index contributed by atoms with van der Waals surface area (Å²) in [6, 6.07) is 21.6. The highest BCUT2D eigenvalue weighted by atomic mass is 28.4. The van der Waals surface area contributed by atoms with Crippen molar-refractivity contribution in [2.45, 2.75) is 56.0 Å². The topological polar surface area (TPSA) is 112 Å². The molecule has 38 heavy (non-hydrogen) atoms. The van der Waals surface area contributed by atoms with E-state index in [1.165, 1.54) is 16.8 Å². The van der Waals surface area contributed by atoms with Crippen LogP contribution in [0.5, 0.6) is 0 Å². The molecule has 1 aromatic heterocycles. The van der Waals surface area contributed by atoms with Gasteiger partial charge in [-0.05, 0) is 15.4 Å². The van der Waals surface area contributed by atoms with Gasteiger partial charge in [-0.3, -0.25) is 14.3 Å². The second-order valence-electron chi connectivity index (χ2n) is 10.9. The van der Waals surface area contributed by atoms with Gasteiger partial charge in [0.2, 0.25) is 0 Å². The van der Waals surface area contributed by atoms with Gasteiger partial charge >= 0.3 is 5.69 Å². The average Bonchev–Trinajstić information content (AvgIpc) is 3.31. The zero-order chi connectivity index (χ0) is 27.1. The molecular weight excluding hydrogens is 504 g/mol. The molecule has 2 aliphatic heterocycles. The standard InChI is InChI=1S/C28H34N2O7Si/c1-27(2,3)38(19-11-7-5-8-12-19,20-13-9-6-10-14-20)35-18-28-21(17-34-4)36-23(24(28)32)25(37-28)30-16-15-22(31)29-26(30)33/h5-16,21,23-25,32H,17-18H2,1-4H3,(H,29,31,33)/t21-,23-,24+,25-,28+/m1/s1. The molecule has 2 N–H and O–H groups in total. The molecule has 202 valence electrons. The van der Waals surface area contributed by atoms with Gasteiger partial charge in [0.05, 0.1) is 13.2 Å². The molecule has 5 rings (SSSR count). The molecule has 0 radical (unpaired) electrons. The number of hydrogen-bond donors (Lipinski definition) is 2. The minimum absolute atomic E-state index is 0.0145. The molecule has 2 saturated heterocycles. The van der Waals surface area contributed by atoms with E-state index in [0.29, 0.717) is 0 Å². The summed E-state index contributed by atoms with van der Waals surface area (Å²) >= 11 is 0. The molecule has 10 heteroatoms. The third-order valence-corrected chi connectivity index (χ3v) is 12.7. The molecule has 0 amide bonds. The van der Waals surface area contributed by atoms with Crippen LogP contribution in [0, 0.1) is 0 Å². The molecule has 3 heterocycles. The molecule has 2 aromatic carbocycles. The van der Waals surface area contributed by atoms with E-state index >= 15 is 0 Å². The van der Waals surface area contributed by atoms with Crippen LogP contribution >= 0.6 is 0 Å². The summed E-state index contributed by atoms with van der Waals surface area (Å²) in [5, 5.41) is 13.4. The average molecular weight is 539 g/mol. The lowest BCUT2D eigenvalue weighted by Gasteiger charge is -2.46. The van der Waals surface area contributed by atoms with Crippen molar-refractivity contribution in [1.82, 2.24) is 9.55 Å². The highest BCUT2D eigenvalue weighted by Crippen LogP contribution is 2.49. The Morgan fingerprint density at radius 2 is 1.63 bits per heavy atom. The number of aliphatic hydroxyl groups excluding tert-OH is 1. The fraction of sp³-hybridized carbons (Fsp3) is 0.429. The molecule has 2 fully saturated rings. The largest absolute Gasteiger partial charge is 0.404 e. The summed E-state index contributed by atoms with van der Waals surface area (Å²) in [5.74, 6) is 0. The Bertz CT molecular complexity index is 1330. The monoisotopic (exact) mass is 538 g/mol. The Kier molecular flexibility index (Phi) is 7.05. The Labute approximate surface area is 222 Å². The Hall–Kier alpha value is -2.86. The van der Waals surface area contributed by atoms with E-state index in [2.05, 4.69) is 50.0 Å². The van der Waals surface area contributed by atoms with E-state index in [1.807, 2.05) is 36.4 Å². The number of aromatic amines is 1. The van der Waals surface area contributed by atoms with Crippen LogP contribution < -0.4 is 21.6 Å². The van der Waals surface area contributed by atoms with Gasteiger partial charge in [-0.15, -0.1) is 0 Å². The minimum Gasteiger partial charge on any atom is -0.404 e. The van der Waals surface area contributed by atoms with E-state index in [-0.39, 0.29) is 18.3 Å². The summed E-state index contributed by atoms with van der Waals surface area (Å²) in [7, 11) is -1.41. The summed E-state index contributed by atoms with van der Waals surface area (Å²) < 4.78 is 26.5. The number of nitrogens with one attached hydrogen (secondary N) is 1. The van der Waals surface area contributed by atoms with Crippen molar-refractivity contribution in [3.63, 3.8) is 0 Å². The summed E-state index contributed by atoms with van der Waals surface area (Å²) in [6.45, 7) is 6.70. The molecule has 2 aliphatic rings. The number of benzene rings is 2. The van der Waals surface area contributed by atoms with Crippen molar-refractivity contribution in [2.24, 2.45) is 0 Å². The van der Waals surface area contributed by atoms with Crippen molar-refractivity contribution in [1.29, 1.82) is 0 Å². The van der Waals surface area contributed by atoms with Crippen molar-refractivity contribution < 1.29 is 23.7 Å². The first kappa shape index (κ1) is 26.7. The van der Waals surface area contributed by atoms with Crippen LogP contribution in [0.4, 0.5) is 0 Å². The maximum absolute atomic E-state index is 12.6. The first-order chi connectivity index (χ1) is 18.1. The first-order valence-electron chi connectivity index (χ1n) is 12.7. The van der Waals surface area contributed by atoms with E-state index in [4.69, 9.17) is 18.6 Å². The predicted molar refractivity (Wildman–Crippen MR) is 144 cm³/mol. The van der Waals surface area contributed by atoms with Gasteiger partial charge in [0.15, 0.2) is 6.23 Å².